The van der Waals surface area contributed by atoms with E-state index in [1.54, 1.807) is 7.11 Å². The zero-order valence-electron chi connectivity index (χ0n) is 17.6. The molecule has 0 spiro atoms. The Labute approximate surface area is 183 Å². The lowest BCUT2D eigenvalue weighted by molar-refractivity contribution is -0.137. The number of methoxy groups -OCH3 is 1. The Morgan fingerprint density at radius 1 is 1.12 bits per heavy atom. The number of nitriles is 1. The number of ether oxygens (including phenoxy) is 1. The molecule has 32 heavy (non-hydrogen) atoms. The maximum Gasteiger partial charge on any atom is 0.416 e. The summed E-state index contributed by atoms with van der Waals surface area (Å²) in [6, 6.07) is 15.3. The van der Waals surface area contributed by atoms with E-state index in [1.807, 2.05) is 54.8 Å². The third kappa shape index (κ3) is 4.83. The molecule has 3 aromatic rings. The highest BCUT2D eigenvalue weighted by Crippen LogP contribution is 2.31. The van der Waals surface area contributed by atoms with Crippen molar-refractivity contribution in [2.45, 2.75) is 20.0 Å². The number of aryl methyl sites for hydroxylation is 1. The molecule has 1 aromatic heterocycles. The minimum atomic E-state index is -4.53. The Kier molecular flexibility index (Phi) is 6.40. The number of amides is 1. The molecule has 5 nitrogen and oxygen atoms in total. The molecule has 0 aliphatic carbocycles. The summed E-state index contributed by atoms with van der Waals surface area (Å²) in [6.45, 7) is 3.74. The van der Waals surface area contributed by atoms with Gasteiger partial charge in [0, 0.05) is 22.8 Å². The monoisotopic (exact) mass is 439 g/mol. The molecule has 164 valence electrons. The number of rotatable bonds is 5. The first-order chi connectivity index (χ1) is 15.1. The largest absolute Gasteiger partial charge is 0.497 e. The third-order valence-corrected chi connectivity index (χ3v) is 4.91. The Morgan fingerprint density at radius 3 is 2.41 bits per heavy atom. The Bertz CT molecular complexity index is 1220. The van der Waals surface area contributed by atoms with Crippen LogP contribution in [-0.4, -0.2) is 17.6 Å². The van der Waals surface area contributed by atoms with Crippen LogP contribution in [0.1, 0.15) is 22.5 Å². The number of benzene rings is 2. The lowest BCUT2D eigenvalue weighted by atomic mass is 10.1. The fraction of sp³-hybridized carbons (Fsp3) is 0.167. The lowest BCUT2D eigenvalue weighted by Crippen LogP contribution is -2.14. The van der Waals surface area contributed by atoms with Gasteiger partial charge in [-0.2, -0.15) is 18.4 Å². The number of nitrogens with one attached hydrogen (secondary N) is 1. The first-order valence-electron chi connectivity index (χ1n) is 9.58. The predicted octanol–water partition coefficient (Wildman–Crippen LogP) is 5.67. The van der Waals surface area contributed by atoms with Crippen molar-refractivity contribution >= 4 is 17.7 Å². The number of halogens is 3. The van der Waals surface area contributed by atoms with E-state index in [4.69, 9.17) is 4.74 Å². The van der Waals surface area contributed by atoms with Gasteiger partial charge in [-0.25, -0.2) is 0 Å². The summed E-state index contributed by atoms with van der Waals surface area (Å²) in [5.74, 6) is -0.0737. The van der Waals surface area contributed by atoms with Crippen molar-refractivity contribution in [1.82, 2.24) is 4.57 Å². The van der Waals surface area contributed by atoms with E-state index >= 15 is 0 Å². The lowest BCUT2D eigenvalue weighted by Gasteiger charge is -2.11. The quantitative estimate of drug-likeness (QED) is 0.412. The first-order valence-corrected chi connectivity index (χ1v) is 9.58. The third-order valence-electron chi connectivity index (χ3n) is 4.91. The standard InChI is InChI=1S/C24H20F3N3O2/c1-15-11-17(16(2)30(15)21-7-9-22(32-3)10-8-21)12-18(14-28)23(31)29-20-6-4-5-19(13-20)24(25,26)27/h4-13H,1-3H3,(H,29,31)/b18-12-. The second-order valence-electron chi connectivity index (χ2n) is 7.06. The first kappa shape index (κ1) is 22.7. The molecule has 1 N–H and O–H groups in total. The Morgan fingerprint density at radius 2 is 1.81 bits per heavy atom. The number of hydrogen-bond acceptors (Lipinski definition) is 3. The summed E-state index contributed by atoms with van der Waals surface area (Å²) in [5.41, 5.74) is 2.05. The molecule has 0 aliphatic rings. The van der Waals surface area contributed by atoms with Gasteiger partial charge in [0.05, 0.1) is 12.7 Å². The van der Waals surface area contributed by atoms with E-state index in [9.17, 15) is 23.2 Å². The van der Waals surface area contributed by atoms with Crippen molar-refractivity contribution in [1.29, 1.82) is 5.26 Å². The summed E-state index contributed by atoms with van der Waals surface area (Å²) < 4.78 is 45.8. The molecular weight excluding hydrogens is 419 g/mol. The fourth-order valence-electron chi connectivity index (χ4n) is 3.34. The van der Waals surface area contributed by atoms with Crippen molar-refractivity contribution in [3.63, 3.8) is 0 Å². The maximum absolute atomic E-state index is 12.9. The zero-order valence-corrected chi connectivity index (χ0v) is 17.6. The van der Waals surface area contributed by atoms with Crippen molar-refractivity contribution < 1.29 is 22.7 Å². The smallest absolute Gasteiger partial charge is 0.416 e. The van der Waals surface area contributed by atoms with Crippen LogP contribution in [0.4, 0.5) is 18.9 Å². The van der Waals surface area contributed by atoms with Crippen LogP contribution in [0.15, 0.2) is 60.2 Å². The molecule has 3 rings (SSSR count). The minimum Gasteiger partial charge on any atom is -0.497 e. The normalized spacial score (nSPS) is 11.7. The van der Waals surface area contributed by atoms with Gasteiger partial charge in [0.15, 0.2) is 0 Å². The van der Waals surface area contributed by atoms with Crippen molar-refractivity contribution in [3.8, 4) is 17.5 Å². The molecular formula is C24H20F3N3O2. The summed E-state index contributed by atoms with van der Waals surface area (Å²) >= 11 is 0. The molecule has 0 radical (unpaired) electrons. The molecule has 0 unspecified atom stereocenters. The Hall–Kier alpha value is -3.99. The van der Waals surface area contributed by atoms with Gasteiger partial charge in [-0.1, -0.05) is 6.07 Å². The minimum absolute atomic E-state index is 0.0466. The highest BCUT2D eigenvalue weighted by Gasteiger charge is 2.30. The number of aromatic nitrogens is 1. The van der Waals surface area contributed by atoms with Crippen molar-refractivity contribution in [3.05, 3.63) is 82.7 Å². The summed E-state index contributed by atoms with van der Waals surface area (Å²) in [6.07, 6.45) is -3.11. The number of anilines is 1. The molecule has 1 heterocycles. The Balaban J connectivity index is 1.89. The van der Waals surface area contributed by atoms with Crippen LogP contribution < -0.4 is 10.1 Å². The molecule has 1 amide bonds. The number of alkyl halides is 3. The molecule has 0 fully saturated rings. The summed E-state index contributed by atoms with van der Waals surface area (Å²) in [5, 5.41) is 11.8. The molecule has 0 aliphatic heterocycles. The van der Waals surface area contributed by atoms with Gasteiger partial charge in [0.25, 0.3) is 5.91 Å². The molecule has 0 bridgehead atoms. The maximum atomic E-state index is 12.9. The van der Waals surface area contributed by atoms with Crippen LogP contribution in [-0.2, 0) is 11.0 Å². The number of carbonyl (C=O) groups excluding carboxylic acids is 1. The zero-order chi connectivity index (χ0) is 23.5. The van der Waals surface area contributed by atoms with Gasteiger partial charge in [-0.15, -0.1) is 0 Å². The van der Waals surface area contributed by atoms with E-state index in [0.29, 0.717) is 5.56 Å². The number of carbonyl (C=O) groups is 1. The number of nitrogens with zero attached hydrogens (tertiary/aromatic N) is 2. The van der Waals surface area contributed by atoms with E-state index in [0.717, 1.165) is 35.0 Å². The van der Waals surface area contributed by atoms with Gasteiger partial charge in [0.1, 0.15) is 17.4 Å². The fourth-order valence-corrected chi connectivity index (χ4v) is 3.34. The molecule has 2 aromatic carbocycles. The van der Waals surface area contributed by atoms with E-state index in [1.165, 1.54) is 18.2 Å². The van der Waals surface area contributed by atoms with Crippen LogP contribution in [0.3, 0.4) is 0 Å². The second-order valence-corrected chi connectivity index (χ2v) is 7.06. The second kappa shape index (κ2) is 9.02. The highest BCUT2D eigenvalue weighted by molar-refractivity contribution is 6.09. The predicted molar refractivity (Wildman–Crippen MR) is 115 cm³/mol. The van der Waals surface area contributed by atoms with Crippen LogP contribution in [0.25, 0.3) is 11.8 Å². The van der Waals surface area contributed by atoms with E-state index in [-0.39, 0.29) is 11.3 Å². The molecule has 0 saturated heterocycles. The van der Waals surface area contributed by atoms with Crippen LogP contribution >= 0.6 is 0 Å². The SMILES string of the molecule is COc1ccc(-n2c(C)cc(/C=C(/C#N)C(=O)Nc3cccc(C(F)(F)F)c3)c2C)cc1. The average molecular weight is 439 g/mol. The van der Waals surface area contributed by atoms with Gasteiger partial charge in [-0.3, -0.25) is 4.79 Å². The van der Waals surface area contributed by atoms with E-state index in [2.05, 4.69) is 5.32 Å². The number of hydrogen-bond donors (Lipinski definition) is 1. The van der Waals surface area contributed by atoms with Crippen LogP contribution in [0.2, 0.25) is 0 Å². The van der Waals surface area contributed by atoms with Gasteiger partial charge >= 0.3 is 6.18 Å². The van der Waals surface area contributed by atoms with Gasteiger partial charge in [0.2, 0.25) is 0 Å². The van der Waals surface area contributed by atoms with Crippen molar-refractivity contribution in [2.24, 2.45) is 0 Å². The topological polar surface area (TPSA) is 67.0 Å². The highest BCUT2D eigenvalue weighted by atomic mass is 19.4. The molecule has 8 heteroatoms. The average Bonchev–Trinajstić information content (AvgIpc) is 3.04. The van der Waals surface area contributed by atoms with Crippen LogP contribution in [0.5, 0.6) is 5.75 Å². The molecule has 0 saturated carbocycles. The van der Waals surface area contributed by atoms with Gasteiger partial charge < -0.3 is 14.6 Å². The summed E-state index contributed by atoms with van der Waals surface area (Å²) in [7, 11) is 1.58. The molecule has 0 atom stereocenters. The summed E-state index contributed by atoms with van der Waals surface area (Å²) in [4.78, 5) is 12.5. The van der Waals surface area contributed by atoms with E-state index < -0.39 is 17.6 Å². The van der Waals surface area contributed by atoms with Crippen molar-refractivity contribution in [2.75, 3.05) is 12.4 Å². The van der Waals surface area contributed by atoms with Crippen LogP contribution in [0, 0.1) is 25.2 Å². The van der Waals surface area contributed by atoms with Gasteiger partial charge in [-0.05, 0) is 74.0 Å².